The monoisotopic (exact) mass is 354 g/mol. The molecule has 0 spiro atoms. The zero-order valence-corrected chi connectivity index (χ0v) is 13.5. The molecule has 0 aromatic heterocycles. The Morgan fingerprint density at radius 1 is 1.43 bits per heavy atom. The molecule has 1 aromatic carbocycles. The lowest BCUT2D eigenvalue weighted by molar-refractivity contribution is -0.118. The van der Waals surface area contributed by atoms with Gasteiger partial charge in [-0.2, -0.15) is 0 Å². The van der Waals surface area contributed by atoms with E-state index in [-0.39, 0.29) is 17.9 Å². The maximum atomic E-state index is 12.2. The second kappa shape index (κ2) is 7.56. The molecule has 0 bridgehead atoms. The molecule has 6 heteroatoms. The highest BCUT2D eigenvalue weighted by atomic mass is 79.9. The molecule has 1 amide bonds. The van der Waals surface area contributed by atoms with Crippen molar-refractivity contribution in [2.24, 2.45) is 0 Å². The standard InChI is InChI=1S/C15H19BrN2O3/c1-2-21-15(20)10-6-7-12(11(16)9-10)18-14(19)13-5-3-4-8-17-13/h6-7,9,13,17H,2-5,8H2,1H3,(H,18,19)/t13-/m1/s1. The average Bonchev–Trinajstić information content (AvgIpc) is 2.50. The van der Waals surface area contributed by atoms with Crippen LogP contribution in [-0.4, -0.2) is 31.1 Å². The van der Waals surface area contributed by atoms with E-state index in [4.69, 9.17) is 4.74 Å². The van der Waals surface area contributed by atoms with Gasteiger partial charge in [-0.05, 0) is 60.4 Å². The fourth-order valence-electron chi connectivity index (χ4n) is 2.25. The summed E-state index contributed by atoms with van der Waals surface area (Å²) < 4.78 is 5.61. The number of halogens is 1. The maximum Gasteiger partial charge on any atom is 0.338 e. The summed E-state index contributed by atoms with van der Waals surface area (Å²) in [5, 5.41) is 6.08. The number of hydrogen-bond donors (Lipinski definition) is 2. The number of rotatable bonds is 4. The molecule has 1 aliphatic heterocycles. The van der Waals surface area contributed by atoms with Crippen LogP contribution >= 0.6 is 15.9 Å². The largest absolute Gasteiger partial charge is 0.462 e. The Bertz CT molecular complexity index is 528. The summed E-state index contributed by atoms with van der Waals surface area (Å²) in [6, 6.07) is 4.86. The predicted octanol–water partition coefficient (Wildman–Crippen LogP) is 2.71. The normalized spacial score (nSPS) is 18.1. The van der Waals surface area contributed by atoms with Crippen molar-refractivity contribution >= 4 is 33.5 Å². The first kappa shape index (κ1) is 16.0. The van der Waals surface area contributed by atoms with Gasteiger partial charge in [0.2, 0.25) is 5.91 Å². The minimum Gasteiger partial charge on any atom is -0.462 e. The lowest BCUT2D eigenvalue weighted by Gasteiger charge is -2.22. The molecule has 114 valence electrons. The number of nitrogens with one attached hydrogen (secondary N) is 2. The Balaban J connectivity index is 2.03. The summed E-state index contributed by atoms with van der Waals surface area (Å²) in [6.07, 6.45) is 3.03. The highest BCUT2D eigenvalue weighted by Crippen LogP contribution is 2.24. The molecule has 1 heterocycles. The van der Waals surface area contributed by atoms with Crippen LogP contribution in [0.2, 0.25) is 0 Å². The van der Waals surface area contributed by atoms with E-state index in [0.29, 0.717) is 22.3 Å². The van der Waals surface area contributed by atoms with E-state index in [0.717, 1.165) is 25.8 Å². The topological polar surface area (TPSA) is 67.4 Å². The Hall–Kier alpha value is -1.40. The Morgan fingerprint density at radius 2 is 2.24 bits per heavy atom. The van der Waals surface area contributed by atoms with E-state index in [1.54, 1.807) is 25.1 Å². The summed E-state index contributed by atoms with van der Waals surface area (Å²) in [4.78, 5) is 23.8. The van der Waals surface area contributed by atoms with E-state index in [2.05, 4.69) is 26.6 Å². The number of esters is 1. The number of hydrogen-bond acceptors (Lipinski definition) is 4. The SMILES string of the molecule is CCOC(=O)c1ccc(NC(=O)[C@H]2CCCCN2)c(Br)c1. The van der Waals surface area contributed by atoms with Gasteiger partial charge in [0.25, 0.3) is 0 Å². The van der Waals surface area contributed by atoms with Crippen LogP contribution in [0.1, 0.15) is 36.5 Å². The van der Waals surface area contributed by atoms with Crippen molar-refractivity contribution in [3.8, 4) is 0 Å². The van der Waals surface area contributed by atoms with Gasteiger partial charge in [0.1, 0.15) is 0 Å². The number of amides is 1. The van der Waals surface area contributed by atoms with Crippen molar-refractivity contribution in [3.05, 3.63) is 28.2 Å². The van der Waals surface area contributed by atoms with Crippen LogP contribution < -0.4 is 10.6 Å². The molecule has 1 fully saturated rings. The molecule has 2 rings (SSSR count). The summed E-state index contributed by atoms with van der Waals surface area (Å²) in [5.74, 6) is -0.413. The van der Waals surface area contributed by atoms with E-state index in [1.165, 1.54) is 0 Å². The van der Waals surface area contributed by atoms with Crippen molar-refractivity contribution in [1.29, 1.82) is 0 Å². The van der Waals surface area contributed by atoms with Crippen LogP contribution in [0.4, 0.5) is 5.69 Å². The average molecular weight is 355 g/mol. The summed E-state index contributed by atoms with van der Waals surface area (Å²) in [6.45, 7) is 2.97. The molecule has 1 aliphatic rings. The highest BCUT2D eigenvalue weighted by molar-refractivity contribution is 9.10. The molecule has 0 saturated carbocycles. The van der Waals surface area contributed by atoms with Gasteiger partial charge in [0, 0.05) is 4.47 Å². The lowest BCUT2D eigenvalue weighted by Crippen LogP contribution is -2.43. The highest BCUT2D eigenvalue weighted by Gasteiger charge is 2.21. The molecule has 0 radical (unpaired) electrons. The second-order valence-corrected chi connectivity index (χ2v) is 5.76. The van der Waals surface area contributed by atoms with E-state index in [9.17, 15) is 9.59 Å². The quantitative estimate of drug-likeness (QED) is 0.815. The Labute approximate surface area is 132 Å². The second-order valence-electron chi connectivity index (χ2n) is 4.91. The third kappa shape index (κ3) is 4.28. The number of carbonyl (C=O) groups is 2. The molecule has 5 nitrogen and oxygen atoms in total. The molecule has 0 unspecified atom stereocenters. The van der Waals surface area contributed by atoms with E-state index < -0.39 is 0 Å². The van der Waals surface area contributed by atoms with Gasteiger partial charge < -0.3 is 15.4 Å². The first-order chi connectivity index (χ1) is 10.1. The molecular formula is C15H19BrN2O3. The van der Waals surface area contributed by atoms with Crippen molar-refractivity contribution in [2.75, 3.05) is 18.5 Å². The molecular weight excluding hydrogens is 336 g/mol. The zero-order valence-electron chi connectivity index (χ0n) is 11.9. The third-order valence-corrected chi connectivity index (χ3v) is 4.02. The van der Waals surface area contributed by atoms with Crippen molar-refractivity contribution in [1.82, 2.24) is 5.32 Å². The Kier molecular flexibility index (Phi) is 5.76. The molecule has 2 N–H and O–H groups in total. The predicted molar refractivity (Wildman–Crippen MR) is 84.4 cm³/mol. The smallest absolute Gasteiger partial charge is 0.338 e. The van der Waals surface area contributed by atoms with Gasteiger partial charge in [-0.15, -0.1) is 0 Å². The van der Waals surface area contributed by atoms with Gasteiger partial charge >= 0.3 is 5.97 Å². The van der Waals surface area contributed by atoms with E-state index >= 15 is 0 Å². The molecule has 1 saturated heterocycles. The van der Waals surface area contributed by atoms with E-state index in [1.807, 2.05) is 0 Å². The number of piperidine rings is 1. The van der Waals surface area contributed by atoms with Crippen LogP contribution in [0.15, 0.2) is 22.7 Å². The van der Waals surface area contributed by atoms with Crippen molar-refractivity contribution in [2.45, 2.75) is 32.2 Å². The first-order valence-electron chi connectivity index (χ1n) is 7.12. The Morgan fingerprint density at radius 3 is 2.86 bits per heavy atom. The van der Waals surface area contributed by atoms with Crippen LogP contribution in [0.5, 0.6) is 0 Å². The molecule has 1 aromatic rings. The lowest BCUT2D eigenvalue weighted by atomic mass is 10.0. The number of ether oxygens (including phenoxy) is 1. The fraction of sp³-hybridized carbons (Fsp3) is 0.467. The minimum absolute atomic E-state index is 0.0423. The molecule has 21 heavy (non-hydrogen) atoms. The van der Waals surface area contributed by atoms with Crippen LogP contribution in [0, 0.1) is 0 Å². The van der Waals surface area contributed by atoms with Crippen molar-refractivity contribution < 1.29 is 14.3 Å². The van der Waals surface area contributed by atoms with Crippen LogP contribution in [0.3, 0.4) is 0 Å². The summed E-state index contributed by atoms with van der Waals surface area (Å²) >= 11 is 3.38. The third-order valence-electron chi connectivity index (χ3n) is 3.36. The summed E-state index contributed by atoms with van der Waals surface area (Å²) in [7, 11) is 0. The summed E-state index contributed by atoms with van der Waals surface area (Å²) in [5.41, 5.74) is 1.11. The van der Waals surface area contributed by atoms with Crippen LogP contribution in [-0.2, 0) is 9.53 Å². The van der Waals surface area contributed by atoms with Crippen LogP contribution in [0.25, 0.3) is 0 Å². The minimum atomic E-state index is -0.370. The van der Waals surface area contributed by atoms with Gasteiger partial charge in [0.15, 0.2) is 0 Å². The van der Waals surface area contributed by atoms with Gasteiger partial charge in [-0.1, -0.05) is 6.42 Å². The number of anilines is 1. The molecule has 0 aliphatic carbocycles. The number of carbonyl (C=O) groups excluding carboxylic acids is 2. The van der Waals surface area contributed by atoms with Gasteiger partial charge in [0.05, 0.1) is 23.9 Å². The maximum absolute atomic E-state index is 12.2. The molecule has 1 atom stereocenters. The first-order valence-corrected chi connectivity index (χ1v) is 7.92. The van der Waals surface area contributed by atoms with Gasteiger partial charge in [-0.3, -0.25) is 4.79 Å². The van der Waals surface area contributed by atoms with Gasteiger partial charge in [-0.25, -0.2) is 4.79 Å². The fourth-order valence-corrected chi connectivity index (χ4v) is 2.73. The zero-order chi connectivity index (χ0) is 15.2. The number of benzene rings is 1. The van der Waals surface area contributed by atoms with Crippen molar-refractivity contribution in [3.63, 3.8) is 0 Å².